The standard InChI is InChI=1S/C23H29NO3/c25-21-8-4-18(5-9-21)17-19-12-14-24(15-13-19)20-6-10-22(11-7-20)27-23-3-1-2-16-26-23/h4-11,19,23,25H,1-3,12-17H2. The molecule has 144 valence electrons. The maximum atomic E-state index is 9.41. The summed E-state index contributed by atoms with van der Waals surface area (Å²) < 4.78 is 11.6. The zero-order chi connectivity index (χ0) is 18.5. The topological polar surface area (TPSA) is 41.9 Å². The average molecular weight is 367 g/mol. The van der Waals surface area contributed by atoms with E-state index in [1.54, 1.807) is 12.1 Å². The van der Waals surface area contributed by atoms with E-state index in [0.717, 1.165) is 50.6 Å². The Labute approximate surface area is 161 Å². The molecule has 1 atom stereocenters. The first-order valence-corrected chi connectivity index (χ1v) is 10.2. The fourth-order valence-corrected chi connectivity index (χ4v) is 4.05. The zero-order valence-corrected chi connectivity index (χ0v) is 15.8. The van der Waals surface area contributed by atoms with Crippen LogP contribution in [0, 0.1) is 5.92 Å². The molecule has 27 heavy (non-hydrogen) atoms. The van der Waals surface area contributed by atoms with Crippen LogP contribution in [0.15, 0.2) is 48.5 Å². The van der Waals surface area contributed by atoms with Crippen molar-refractivity contribution in [1.29, 1.82) is 0 Å². The third-order valence-corrected chi connectivity index (χ3v) is 5.68. The molecule has 4 nitrogen and oxygen atoms in total. The van der Waals surface area contributed by atoms with Crippen molar-refractivity contribution in [3.05, 3.63) is 54.1 Å². The minimum atomic E-state index is -0.0831. The van der Waals surface area contributed by atoms with Crippen LogP contribution in [0.25, 0.3) is 0 Å². The van der Waals surface area contributed by atoms with Gasteiger partial charge >= 0.3 is 0 Å². The van der Waals surface area contributed by atoms with Gasteiger partial charge in [-0.1, -0.05) is 12.1 Å². The van der Waals surface area contributed by atoms with Crippen LogP contribution in [0.5, 0.6) is 11.5 Å². The summed E-state index contributed by atoms with van der Waals surface area (Å²) in [6, 6.07) is 16.1. The smallest absolute Gasteiger partial charge is 0.199 e. The van der Waals surface area contributed by atoms with Crippen molar-refractivity contribution in [1.82, 2.24) is 0 Å². The van der Waals surface area contributed by atoms with Crippen molar-refractivity contribution in [3.63, 3.8) is 0 Å². The van der Waals surface area contributed by atoms with Gasteiger partial charge in [-0.2, -0.15) is 0 Å². The Hall–Kier alpha value is -2.20. The van der Waals surface area contributed by atoms with Gasteiger partial charge in [0.25, 0.3) is 0 Å². The molecule has 4 heteroatoms. The molecule has 0 saturated carbocycles. The molecule has 2 aromatic carbocycles. The first-order valence-electron chi connectivity index (χ1n) is 10.2. The van der Waals surface area contributed by atoms with E-state index in [9.17, 15) is 5.11 Å². The van der Waals surface area contributed by atoms with Crippen LogP contribution < -0.4 is 9.64 Å². The van der Waals surface area contributed by atoms with E-state index in [0.29, 0.717) is 5.75 Å². The fourth-order valence-electron chi connectivity index (χ4n) is 4.05. The number of piperidine rings is 1. The van der Waals surface area contributed by atoms with E-state index in [1.165, 1.54) is 30.5 Å². The molecule has 4 rings (SSSR count). The Morgan fingerprint density at radius 3 is 2.33 bits per heavy atom. The number of anilines is 1. The van der Waals surface area contributed by atoms with Gasteiger partial charge in [0, 0.05) is 25.2 Å². The molecule has 2 aliphatic heterocycles. The Kier molecular flexibility index (Phi) is 5.83. The number of benzene rings is 2. The van der Waals surface area contributed by atoms with Crippen molar-refractivity contribution >= 4 is 5.69 Å². The van der Waals surface area contributed by atoms with Crippen LogP contribution in [0.1, 0.15) is 37.7 Å². The van der Waals surface area contributed by atoms with Gasteiger partial charge in [0.15, 0.2) is 6.29 Å². The minimum absolute atomic E-state index is 0.0831. The van der Waals surface area contributed by atoms with Crippen molar-refractivity contribution < 1.29 is 14.6 Å². The van der Waals surface area contributed by atoms with Gasteiger partial charge < -0.3 is 19.5 Å². The molecule has 2 fully saturated rings. The number of hydrogen-bond donors (Lipinski definition) is 1. The molecule has 2 heterocycles. The van der Waals surface area contributed by atoms with Crippen LogP contribution in [-0.4, -0.2) is 31.1 Å². The molecule has 1 unspecified atom stereocenters. The van der Waals surface area contributed by atoms with E-state index >= 15 is 0 Å². The number of hydrogen-bond acceptors (Lipinski definition) is 4. The summed E-state index contributed by atoms with van der Waals surface area (Å²) in [5, 5.41) is 9.41. The Morgan fingerprint density at radius 2 is 1.67 bits per heavy atom. The maximum Gasteiger partial charge on any atom is 0.199 e. The Balaban J connectivity index is 1.27. The number of aromatic hydroxyl groups is 1. The molecule has 2 aromatic rings. The Morgan fingerprint density at radius 1 is 0.926 bits per heavy atom. The third-order valence-electron chi connectivity index (χ3n) is 5.68. The molecule has 0 bridgehead atoms. The molecule has 0 spiro atoms. The SMILES string of the molecule is Oc1ccc(CC2CCN(c3ccc(OC4CCCCO4)cc3)CC2)cc1. The number of phenols is 1. The summed E-state index contributed by atoms with van der Waals surface area (Å²) in [6.07, 6.45) is 6.73. The Bertz CT molecular complexity index is 699. The summed E-state index contributed by atoms with van der Waals surface area (Å²) in [7, 11) is 0. The predicted octanol–water partition coefficient (Wildman–Crippen LogP) is 4.76. The summed E-state index contributed by atoms with van der Waals surface area (Å²) in [5.41, 5.74) is 2.59. The predicted molar refractivity (Wildman–Crippen MR) is 107 cm³/mol. The lowest BCUT2D eigenvalue weighted by atomic mass is 9.90. The fraction of sp³-hybridized carbons (Fsp3) is 0.478. The van der Waals surface area contributed by atoms with E-state index < -0.39 is 0 Å². The minimum Gasteiger partial charge on any atom is -0.508 e. The van der Waals surface area contributed by atoms with Crippen LogP contribution in [0.3, 0.4) is 0 Å². The largest absolute Gasteiger partial charge is 0.508 e. The summed E-state index contributed by atoms with van der Waals surface area (Å²) in [4.78, 5) is 2.47. The van der Waals surface area contributed by atoms with E-state index in [2.05, 4.69) is 29.2 Å². The lowest BCUT2D eigenvalue weighted by Gasteiger charge is -2.34. The molecule has 0 radical (unpaired) electrons. The third kappa shape index (κ3) is 4.95. The number of phenolic OH excluding ortho intramolecular Hbond substituents is 1. The quantitative estimate of drug-likeness (QED) is 0.827. The van der Waals surface area contributed by atoms with Gasteiger partial charge in [0.1, 0.15) is 11.5 Å². The van der Waals surface area contributed by atoms with Crippen LogP contribution in [-0.2, 0) is 11.2 Å². The van der Waals surface area contributed by atoms with Gasteiger partial charge in [-0.15, -0.1) is 0 Å². The number of nitrogens with zero attached hydrogens (tertiary/aromatic N) is 1. The highest BCUT2D eigenvalue weighted by Gasteiger charge is 2.20. The van der Waals surface area contributed by atoms with E-state index in [-0.39, 0.29) is 6.29 Å². The number of rotatable bonds is 5. The molecule has 0 aliphatic carbocycles. The first kappa shape index (κ1) is 18.2. The molecule has 0 amide bonds. The average Bonchev–Trinajstić information content (AvgIpc) is 2.72. The first-order chi connectivity index (χ1) is 13.3. The van der Waals surface area contributed by atoms with Gasteiger partial charge in [-0.3, -0.25) is 0 Å². The lowest BCUT2D eigenvalue weighted by molar-refractivity contribution is -0.105. The maximum absolute atomic E-state index is 9.41. The molecule has 1 N–H and O–H groups in total. The van der Waals surface area contributed by atoms with Gasteiger partial charge in [-0.05, 0) is 80.0 Å². The summed E-state index contributed by atoms with van der Waals surface area (Å²) in [5.74, 6) is 1.96. The van der Waals surface area contributed by atoms with Gasteiger partial charge in [0.2, 0.25) is 0 Å². The second kappa shape index (κ2) is 8.66. The molecule has 0 aromatic heterocycles. The zero-order valence-electron chi connectivity index (χ0n) is 15.8. The molecule has 2 saturated heterocycles. The van der Waals surface area contributed by atoms with E-state index in [1.807, 2.05) is 12.1 Å². The van der Waals surface area contributed by atoms with E-state index in [4.69, 9.17) is 9.47 Å². The van der Waals surface area contributed by atoms with Crippen LogP contribution in [0.2, 0.25) is 0 Å². The number of ether oxygens (including phenoxy) is 2. The summed E-state index contributed by atoms with van der Waals surface area (Å²) >= 11 is 0. The van der Waals surface area contributed by atoms with Gasteiger partial charge in [-0.25, -0.2) is 0 Å². The van der Waals surface area contributed by atoms with Crippen molar-refractivity contribution in [3.8, 4) is 11.5 Å². The second-order valence-corrected chi connectivity index (χ2v) is 7.71. The molecule has 2 aliphatic rings. The monoisotopic (exact) mass is 367 g/mol. The summed E-state index contributed by atoms with van der Waals surface area (Å²) in [6.45, 7) is 2.99. The highest BCUT2D eigenvalue weighted by Crippen LogP contribution is 2.28. The van der Waals surface area contributed by atoms with Crippen molar-refractivity contribution in [2.45, 2.75) is 44.8 Å². The molecular weight excluding hydrogens is 338 g/mol. The highest BCUT2D eigenvalue weighted by molar-refractivity contribution is 5.49. The van der Waals surface area contributed by atoms with Crippen molar-refractivity contribution in [2.24, 2.45) is 5.92 Å². The second-order valence-electron chi connectivity index (χ2n) is 7.71. The molecular formula is C23H29NO3. The van der Waals surface area contributed by atoms with Gasteiger partial charge in [0.05, 0.1) is 6.61 Å². The lowest BCUT2D eigenvalue weighted by Crippen LogP contribution is -2.34. The van der Waals surface area contributed by atoms with Crippen LogP contribution in [0.4, 0.5) is 5.69 Å². The van der Waals surface area contributed by atoms with Crippen LogP contribution >= 0.6 is 0 Å². The van der Waals surface area contributed by atoms with Crippen molar-refractivity contribution in [2.75, 3.05) is 24.6 Å². The highest BCUT2D eigenvalue weighted by atomic mass is 16.7. The normalized spacial score (nSPS) is 21.2.